The summed E-state index contributed by atoms with van der Waals surface area (Å²) in [5.41, 5.74) is 6.92. The van der Waals surface area contributed by atoms with Crippen LogP contribution in [-0.4, -0.2) is 78.9 Å². The number of fused-ring (bicyclic) bond motifs is 1. The zero-order chi connectivity index (χ0) is 32.7. The summed E-state index contributed by atoms with van der Waals surface area (Å²) in [4.78, 5) is 26.7. The molecule has 1 aliphatic carbocycles. The Balaban J connectivity index is 1.15. The van der Waals surface area contributed by atoms with Crippen LogP contribution in [-0.2, 0) is 16.1 Å². The molecule has 2 N–H and O–H groups in total. The summed E-state index contributed by atoms with van der Waals surface area (Å²) in [5.74, 6) is 0.277. The van der Waals surface area contributed by atoms with Crippen LogP contribution in [0.25, 0.3) is 22.3 Å². The molecule has 2 aliphatic heterocycles. The van der Waals surface area contributed by atoms with Crippen molar-refractivity contribution in [3.8, 4) is 28.8 Å². The average Bonchev–Trinajstić information content (AvgIpc) is 3.64. The molecular weight excluding hydrogens is 599 g/mol. The predicted molar refractivity (Wildman–Crippen MR) is 174 cm³/mol. The van der Waals surface area contributed by atoms with E-state index in [2.05, 4.69) is 34.8 Å². The molecule has 1 amide bonds. The van der Waals surface area contributed by atoms with E-state index in [1.165, 1.54) is 12.4 Å². The summed E-state index contributed by atoms with van der Waals surface area (Å²) < 4.78 is 28.6. The number of amides is 1. The second-order valence-electron chi connectivity index (χ2n) is 13.0. The number of nitriles is 1. The molecule has 2 aromatic heterocycles. The van der Waals surface area contributed by atoms with Gasteiger partial charge < -0.3 is 20.1 Å². The van der Waals surface area contributed by atoms with Crippen molar-refractivity contribution in [2.24, 2.45) is 0 Å². The number of rotatable bonds is 10. The molecule has 0 spiro atoms. The minimum absolute atomic E-state index is 0.130. The van der Waals surface area contributed by atoms with Crippen LogP contribution in [0.4, 0.5) is 10.2 Å². The first-order valence-corrected chi connectivity index (χ1v) is 16.0. The number of aromatic nitrogens is 4. The van der Waals surface area contributed by atoms with E-state index in [0.717, 1.165) is 25.7 Å². The number of halogens is 1. The fourth-order valence-corrected chi connectivity index (χ4v) is 6.91. The Kier molecular flexibility index (Phi) is 8.11. The van der Waals surface area contributed by atoms with Crippen LogP contribution >= 0.6 is 0 Å². The third-order valence-electron chi connectivity index (χ3n) is 9.22. The lowest BCUT2D eigenvalue weighted by atomic mass is 9.95. The predicted octanol–water partition coefficient (Wildman–Crippen LogP) is 5.09. The topological polar surface area (TPSA) is 135 Å². The van der Waals surface area contributed by atoms with Gasteiger partial charge in [-0.05, 0) is 69.9 Å². The Morgan fingerprint density at radius 1 is 1.15 bits per heavy atom. The maximum atomic E-state index is 15.6. The Hall–Kier alpha value is -4.86. The van der Waals surface area contributed by atoms with Gasteiger partial charge in [-0.2, -0.15) is 10.4 Å². The van der Waals surface area contributed by atoms with Crippen molar-refractivity contribution in [3.05, 3.63) is 72.3 Å². The van der Waals surface area contributed by atoms with Gasteiger partial charge in [-0.1, -0.05) is 18.2 Å². The van der Waals surface area contributed by atoms with Crippen LogP contribution in [0.15, 0.2) is 66.5 Å². The molecule has 0 bridgehead atoms. The monoisotopic (exact) mass is 636 g/mol. The first kappa shape index (κ1) is 30.8. The second kappa shape index (κ2) is 12.4. The van der Waals surface area contributed by atoms with Crippen molar-refractivity contribution in [3.63, 3.8) is 0 Å². The standard InChI is InChI=1S/C35H37FN8O3/c1-35(2,44(23-10-11-23)25-19-46-20-25)16-22(17-37)34(45)42-14-6-7-24(42)18-43-33-30(32(38)39-21-40-33)31(41-43)28-13-12-27(15-29(28)36)47-26-8-4-3-5-9-26/h3-5,8-9,12-13,15-16,21,23-25H,6-7,10-11,14,18-20H2,1-2H3,(H2,38,39,40)/b22-16-/t24-/m1/s1. The molecule has 4 aromatic rings. The van der Waals surface area contributed by atoms with Gasteiger partial charge in [-0.25, -0.2) is 19.0 Å². The first-order valence-electron chi connectivity index (χ1n) is 16.0. The van der Waals surface area contributed by atoms with E-state index in [1.807, 2.05) is 24.3 Å². The molecule has 2 aromatic carbocycles. The summed E-state index contributed by atoms with van der Waals surface area (Å²) in [6.07, 6.45) is 6.90. The minimum Gasteiger partial charge on any atom is -0.457 e. The highest BCUT2D eigenvalue weighted by Gasteiger charge is 2.45. The lowest BCUT2D eigenvalue weighted by Gasteiger charge is -2.46. The molecule has 2 saturated heterocycles. The molecule has 7 rings (SSSR count). The molecule has 0 radical (unpaired) electrons. The first-order chi connectivity index (χ1) is 22.7. The molecule has 242 valence electrons. The Morgan fingerprint density at radius 2 is 1.94 bits per heavy atom. The van der Waals surface area contributed by atoms with Crippen LogP contribution in [0.5, 0.6) is 11.5 Å². The zero-order valence-electron chi connectivity index (χ0n) is 26.5. The highest BCUT2D eigenvalue weighted by atomic mass is 19.1. The van der Waals surface area contributed by atoms with Crippen LogP contribution in [0.3, 0.4) is 0 Å². The van der Waals surface area contributed by atoms with E-state index in [4.69, 9.17) is 20.3 Å². The molecule has 11 nitrogen and oxygen atoms in total. The number of carbonyl (C=O) groups is 1. The van der Waals surface area contributed by atoms with E-state index in [0.29, 0.717) is 60.6 Å². The van der Waals surface area contributed by atoms with Crippen molar-refractivity contribution in [2.75, 3.05) is 25.5 Å². The van der Waals surface area contributed by atoms with Gasteiger partial charge in [0.25, 0.3) is 5.91 Å². The number of anilines is 1. The van der Waals surface area contributed by atoms with Crippen LogP contribution in [0.1, 0.15) is 39.5 Å². The van der Waals surface area contributed by atoms with E-state index in [9.17, 15) is 10.1 Å². The molecular formula is C35H37FN8O3. The molecule has 4 heterocycles. The van der Waals surface area contributed by atoms with E-state index in [1.54, 1.807) is 33.8 Å². The summed E-state index contributed by atoms with van der Waals surface area (Å²) >= 11 is 0. The van der Waals surface area contributed by atoms with Gasteiger partial charge >= 0.3 is 0 Å². The zero-order valence-corrected chi connectivity index (χ0v) is 26.5. The molecule has 47 heavy (non-hydrogen) atoms. The number of benzene rings is 2. The number of hydrogen-bond donors (Lipinski definition) is 1. The molecule has 0 unspecified atom stereocenters. The largest absolute Gasteiger partial charge is 0.457 e. The maximum Gasteiger partial charge on any atom is 0.264 e. The van der Waals surface area contributed by atoms with Crippen LogP contribution in [0.2, 0.25) is 0 Å². The van der Waals surface area contributed by atoms with Gasteiger partial charge in [0.2, 0.25) is 0 Å². The molecule has 1 atom stereocenters. The van der Waals surface area contributed by atoms with Gasteiger partial charge in [0.15, 0.2) is 5.65 Å². The SMILES string of the molecule is CC(C)(/C=C(/C#N)C(=O)N1CCC[C@@H]1Cn1nc(-c2ccc(Oc3ccccc3)cc2F)c2c(N)ncnc21)N(C1CC1)C1COC1. The second-order valence-corrected chi connectivity index (χ2v) is 13.0. The van der Waals surface area contributed by atoms with Crippen molar-refractivity contribution in [1.29, 1.82) is 5.26 Å². The summed E-state index contributed by atoms with van der Waals surface area (Å²) in [5, 5.41) is 15.4. The molecule has 3 fully saturated rings. The number of likely N-dealkylation sites (tertiary alicyclic amines) is 1. The smallest absolute Gasteiger partial charge is 0.264 e. The number of nitrogen functional groups attached to an aromatic ring is 1. The molecule has 12 heteroatoms. The van der Waals surface area contributed by atoms with Gasteiger partial charge in [-0.3, -0.25) is 9.69 Å². The lowest BCUT2D eigenvalue weighted by molar-refractivity contribution is -0.127. The van der Waals surface area contributed by atoms with Gasteiger partial charge in [0.1, 0.15) is 46.8 Å². The number of nitrogens with zero attached hydrogens (tertiary/aromatic N) is 7. The fourth-order valence-electron chi connectivity index (χ4n) is 6.91. The summed E-state index contributed by atoms with van der Waals surface area (Å²) in [6.45, 7) is 6.29. The van der Waals surface area contributed by atoms with Crippen molar-refractivity contribution >= 4 is 22.8 Å². The number of para-hydroxylation sites is 1. The Labute approximate surface area is 272 Å². The van der Waals surface area contributed by atoms with E-state index >= 15 is 4.39 Å². The van der Waals surface area contributed by atoms with E-state index < -0.39 is 11.4 Å². The third kappa shape index (κ3) is 6.04. The summed E-state index contributed by atoms with van der Waals surface area (Å²) in [6, 6.07) is 16.4. The third-order valence-corrected chi connectivity index (χ3v) is 9.22. The quantitative estimate of drug-likeness (QED) is 0.187. The number of nitrogens with two attached hydrogens (primary N) is 1. The number of hydrogen-bond acceptors (Lipinski definition) is 9. The van der Waals surface area contributed by atoms with Crippen molar-refractivity contribution in [2.45, 2.75) is 69.7 Å². The van der Waals surface area contributed by atoms with E-state index in [-0.39, 0.29) is 34.9 Å². The Morgan fingerprint density at radius 3 is 2.62 bits per heavy atom. The van der Waals surface area contributed by atoms with Gasteiger partial charge in [-0.15, -0.1) is 0 Å². The minimum atomic E-state index is -0.536. The maximum absolute atomic E-state index is 15.6. The molecule has 1 saturated carbocycles. The lowest BCUT2D eigenvalue weighted by Crippen LogP contribution is -2.58. The van der Waals surface area contributed by atoms with Crippen LogP contribution < -0.4 is 10.5 Å². The number of ether oxygens (including phenoxy) is 2. The fraction of sp³-hybridized carbons (Fsp3) is 0.400. The highest BCUT2D eigenvalue weighted by Crippen LogP contribution is 2.38. The average molecular weight is 637 g/mol. The van der Waals surface area contributed by atoms with Crippen molar-refractivity contribution < 1.29 is 18.7 Å². The van der Waals surface area contributed by atoms with Gasteiger partial charge in [0, 0.05) is 29.8 Å². The van der Waals surface area contributed by atoms with Crippen LogP contribution in [0, 0.1) is 17.1 Å². The van der Waals surface area contributed by atoms with Gasteiger partial charge in [0.05, 0.1) is 37.2 Å². The van der Waals surface area contributed by atoms with Crippen molar-refractivity contribution in [1.82, 2.24) is 29.5 Å². The summed E-state index contributed by atoms with van der Waals surface area (Å²) in [7, 11) is 0. The molecule has 3 aliphatic rings. The number of carbonyl (C=O) groups excluding carboxylic acids is 1. The normalized spacial score (nSPS) is 18.8. The Bertz CT molecular complexity index is 1880. The highest BCUT2D eigenvalue weighted by molar-refractivity contribution is 5.99.